The molecule has 0 bridgehead atoms. The van der Waals surface area contributed by atoms with Gasteiger partial charge in [0, 0.05) is 25.5 Å². The van der Waals surface area contributed by atoms with Crippen molar-refractivity contribution in [2.45, 2.75) is 13.3 Å². The van der Waals surface area contributed by atoms with Gasteiger partial charge in [0.15, 0.2) is 0 Å². The van der Waals surface area contributed by atoms with E-state index in [1.165, 1.54) is 0 Å². The van der Waals surface area contributed by atoms with Crippen molar-refractivity contribution in [1.82, 2.24) is 20.0 Å². The molecule has 0 aliphatic carbocycles. The average molecular weight is 319 g/mol. The Bertz CT molecular complexity index is 497. The molecule has 2 N–H and O–H groups in total. The summed E-state index contributed by atoms with van der Waals surface area (Å²) in [6.45, 7) is 4.41. The van der Waals surface area contributed by atoms with Crippen LogP contribution in [0.5, 0.6) is 0 Å². The third kappa shape index (κ3) is 5.36. The van der Waals surface area contributed by atoms with Crippen molar-refractivity contribution >= 4 is 36.4 Å². The smallest absolute Gasteiger partial charge is 0.226 e. The maximum Gasteiger partial charge on any atom is 0.226 e. The van der Waals surface area contributed by atoms with Crippen molar-refractivity contribution < 1.29 is 4.79 Å². The van der Waals surface area contributed by atoms with Crippen LogP contribution in [0, 0.1) is 0 Å². The summed E-state index contributed by atoms with van der Waals surface area (Å²) >= 11 is 0. The molecule has 2 rings (SSSR count). The van der Waals surface area contributed by atoms with Crippen molar-refractivity contribution in [3.8, 4) is 0 Å². The Balaban J connectivity index is 0.00000180. The van der Waals surface area contributed by atoms with Gasteiger partial charge in [-0.2, -0.15) is 0 Å². The number of carbonyl (C=O) groups is 1. The van der Waals surface area contributed by atoms with Crippen molar-refractivity contribution in [3.05, 3.63) is 36.3 Å². The fourth-order valence-electron chi connectivity index (χ4n) is 1.77. The maximum absolute atomic E-state index is 11.7. The number of imidazole rings is 1. The van der Waals surface area contributed by atoms with E-state index in [2.05, 4.69) is 15.6 Å². The Kier molecular flexibility index (Phi) is 8.96. The second-order valence-corrected chi connectivity index (χ2v) is 4.08. The molecule has 7 heteroatoms. The summed E-state index contributed by atoms with van der Waals surface area (Å²) in [6.07, 6.45) is 4.14. The number of hydrogen-bond acceptors (Lipinski definition) is 3. The lowest BCUT2D eigenvalue weighted by Gasteiger charge is -2.03. The zero-order valence-corrected chi connectivity index (χ0v) is 13.0. The van der Waals surface area contributed by atoms with Gasteiger partial charge in [-0.25, -0.2) is 4.98 Å². The van der Waals surface area contributed by atoms with Crippen LogP contribution >= 0.6 is 24.8 Å². The first-order chi connectivity index (χ1) is 8.79. The van der Waals surface area contributed by atoms with Crippen LogP contribution in [0.4, 0.5) is 0 Å². The Morgan fingerprint density at radius 3 is 2.80 bits per heavy atom. The number of pyridine rings is 1. The number of hydrogen-bond donors (Lipinski definition) is 2. The number of aromatic nitrogens is 2. The second-order valence-electron chi connectivity index (χ2n) is 4.08. The average Bonchev–Trinajstić information content (AvgIpc) is 2.76. The molecule has 0 spiro atoms. The highest BCUT2D eigenvalue weighted by Crippen LogP contribution is 2.04. The summed E-state index contributed by atoms with van der Waals surface area (Å²) in [5.74, 6) is 0.0105. The van der Waals surface area contributed by atoms with Crippen molar-refractivity contribution in [2.75, 3.05) is 19.6 Å². The molecular weight excluding hydrogens is 299 g/mol. The lowest BCUT2D eigenvalue weighted by atomic mass is 10.3. The predicted octanol–water partition coefficient (Wildman–Crippen LogP) is 1.45. The summed E-state index contributed by atoms with van der Waals surface area (Å²) in [5, 5.41) is 6.01. The van der Waals surface area contributed by atoms with E-state index in [0.29, 0.717) is 13.0 Å². The Hall–Kier alpha value is -1.30. The largest absolute Gasteiger partial charge is 0.354 e. The number of rotatable bonds is 6. The van der Waals surface area contributed by atoms with Crippen LogP contribution in [0.1, 0.15) is 12.6 Å². The van der Waals surface area contributed by atoms with Crippen molar-refractivity contribution in [3.63, 3.8) is 0 Å². The summed E-state index contributed by atoms with van der Waals surface area (Å²) in [6, 6.07) is 5.80. The van der Waals surface area contributed by atoms with E-state index in [4.69, 9.17) is 0 Å². The SMILES string of the molecule is CCNCCNC(=O)Cc1cn2ccccc2n1.Cl.Cl. The first kappa shape index (κ1) is 18.7. The number of fused-ring (bicyclic) bond motifs is 1. The van der Waals surface area contributed by atoms with Gasteiger partial charge < -0.3 is 15.0 Å². The quantitative estimate of drug-likeness (QED) is 0.792. The van der Waals surface area contributed by atoms with Crippen LogP contribution in [0.2, 0.25) is 0 Å². The summed E-state index contributed by atoms with van der Waals surface area (Å²) in [4.78, 5) is 16.0. The standard InChI is InChI=1S/C13H18N4O.2ClH/c1-2-14-6-7-15-13(18)9-11-10-17-8-4-3-5-12(17)16-11;;/h3-5,8,10,14H,2,6-7,9H2,1H3,(H,15,18);2*1H. The highest BCUT2D eigenvalue weighted by Gasteiger charge is 2.06. The zero-order valence-electron chi connectivity index (χ0n) is 11.3. The van der Waals surface area contributed by atoms with Gasteiger partial charge in [-0.15, -0.1) is 24.8 Å². The maximum atomic E-state index is 11.7. The molecule has 0 saturated heterocycles. The number of nitrogens with one attached hydrogen (secondary N) is 2. The van der Waals surface area contributed by atoms with E-state index in [1.54, 1.807) is 0 Å². The second kappa shape index (κ2) is 9.58. The molecular formula is C13H20Cl2N4O. The molecule has 0 radical (unpaired) electrons. The van der Waals surface area contributed by atoms with Gasteiger partial charge in [-0.1, -0.05) is 13.0 Å². The minimum Gasteiger partial charge on any atom is -0.354 e. The van der Waals surface area contributed by atoms with E-state index in [1.807, 2.05) is 41.9 Å². The Morgan fingerprint density at radius 2 is 2.10 bits per heavy atom. The van der Waals surface area contributed by atoms with Gasteiger partial charge in [-0.05, 0) is 18.7 Å². The minimum absolute atomic E-state index is 0. The fraction of sp³-hybridized carbons (Fsp3) is 0.385. The molecule has 0 unspecified atom stereocenters. The summed E-state index contributed by atoms with van der Waals surface area (Å²) < 4.78 is 1.92. The van der Waals surface area contributed by atoms with E-state index in [0.717, 1.165) is 24.4 Å². The topological polar surface area (TPSA) is 58.4 Å². The van der Waals surface area contributed by atoms with Crippen LogP contribution in [0.25, 0.3) is 5.65 Å². The first-order valence-electron chi connectivity index (χ1n) is 6.19. The van der Waals surface area contributed by atoms with Gasteiger partial charge >= 0.3 is 0 Å². The number of carbonyl (C=O) groups excluding carboxylic acids is 1. The fourth-order valence-corrected chi connectivity index (χ4v) is 1.77. The summed E-state index contributed by atoms with van der Waals surface area (Å²) in [7, 11) is 0. The van der Waals surface area contributed by atoms with Crippen LogP contribution < -0.4 is 10.6 Å². The molecule has 5 nitrogen and oxygen atoms in total. The van der Waals surface area contributed by atoms with Crippen LogP contribution in [-0.2, 0) is 11.2 Å². The molecule has 0 fully saturated rings. The van der Waals surface area contributed by atoms with Gasteiger partial charge in [-0.3, -0.25) is 4.79 Å². The Morgan fingerprint density at radius 1 is 1.30 bits per heavy atom. The third-order valence-corrected chi connectivity index (χ3v) is 2.63. The molecule has 112 valence electrons. The molecule has 0 aromatic carbocycles. The molecule has 0 saturated carbocycles. The highest BCUT2D eigenvalue weighted by molar-refractivity contribution is 5.85. The van der Waals surface area contributed by atoms with E-state index < -0.39 is 0 Å². The number of nitrogens with zero attached hydrogens (tertiary/aromatic N) is 2. The molecule has 2 heterocycles. The number of amides is 1. The normalized spacial score (nSPS) is 9.65. The van der Waals surface area contributed by atoms with Crippen LogP contribution in [0.3, 0.4) is 0 Å². The van der Waals surface area contributed by atoms with E-state index in [-0.39, 0.29) is 30.7 Å². The molecule has 0 aliphatic heterocycles. The lowest BCUT2D eigenvalue weighted by Crippen LogP contribution is -2.32. The van der Waals surface area contributed by atoms with Gasteiger partial charge in [0.2, 0.25) is 5.91 Å². The first-order valence-corrected chi connectivity index (χ1v) is 6.19. The van der Waals surface area contributed by atoms with Crippen molar-refractivity contribution in [2.24, 2.45) is 0 Å². The van der Waals surface area contributed by atoms with E-state index >= 15 is 0 Å². The molecule has 2 aromatic rings. The van der Waals surface area contributed by atoms with Crippen LogP contribution in [0.15, 0.2) is 30.6 Å². The predicted molar refractivity (Wildman–Crippen MR) is 84.9 cm³/mol. The Labute approximate surface area is 131 Å². The molecule has 0 atom stereocenters. The van der Waals surface area contributed by atoms with Crippen LogP contribution in [-0.4, -0.2) is 34.9 Å². The highest BCUT2D eigenvalue weighted by atomic mass is 35.5. The monoisotopic (exact) mass is 318 g/mol. The van der Waals surface area contributed by atoms with Gasteiger partial charge in [0.05, 0.1) is 12.1 Å². The lowest BCUT2D eigenvalue weighted by molar-refractivity contribution is -0.120. The molecule has 1 amide bonds. The minimum atomic E-state index is 0. The van der Waals surface area contributed by atoms with Gasteiger partial charge in [0.25, 0.3) is 0 Å². The molecule has 0 aliphatic rings. The number of likely N-dealkylation sites (N-methyl/N-ethyl adjacent to an activating group) is 1. The zero-order chi connectivity index (χ0) is 12.8. The number of halogens is 2. The molecule has 2 aromatic heterocycles. The third-order valence-electron chi connectivity index (χ3n) is 2.63. The molecule has 20 heavy (non-hydrogen) atoms. The van der Waals surface area contributed by atoms with E-state index in [9.17, 15) is 4.79 Å². The summed E-state index contributed by atoms with van der Waals surface area (Å²) in [5.41, 5.74) is 1.66. The van der Waals surface area contributed by atoms with Gasteiger partial charge in [0.1, 0.15) is 5.65 Å². The van der Waals surface area contributed by atoms with Crippen molar-refractivity contribution in [1.29, 1.82) is 0 Å².